The molecule has 0 bridgehead atoms. The van der Waals surface area contributed by atoms with E-state index in [9.17, 15) is 0 Å². The summed E-state index contributed by atoms with van der Waals surface area (Å²) in [4.78, 5) is 1.40. The lowest BCUT2D eigenvalue weighted by atomic mass is 9.86. The summed E-state index contributed by atoms with van der Waals surface area (Å²) in [7, 11) is 2.03. The third kappa shape index (κ3) is 3.94. The zero-order valence-electron chi connectivity index (χ0n) is 12.5. The van der Waals surface area contributed by atoms with E-state index in [0.29, 0.717) is 6.04 Å². The van der Waals surface area contributed by atoms with E-state index in [-0.39, 0.29) is 5.41 Å². The van der Waals surface area contributed by atoms with Gasteiger partial charge < -0.3 is 5.32 Å². The summed E-state index contributed by atoms with van der Waals surface area (Å²) in [6, 6.07) is 11.6. The van der Waals surface area contributed by atoms with Crippen molar-refractivity contribution in [3.63, 3.8) is 0 Å². The van der Waals surface area contributed by atoms with Gasteiger partial charge in [-0.15, -0.1) is 11.3 Å². The summed E-state index contributed by atoms with van der Waals surface area (Å²) >= 11 is 5.33. The average molecular weight is 352 g/mol. The summed E-state index contributed by atoms with van der Waals surface area (Å²) in [6.07, 6.45) is 1.03. The fraction of sp³-hybridized carbons (Fsp3) is 0.412. The van der Waals surface area contributed by atoms with E-state index in [2.05, 4.69) is 77.7 Å². The molecular formula is C17H22BrNS. The maximum absolute atomic E-state index is 3.52. The molecule has 1 aromatic carbocycles. The first-order valence-electron chi connectivity index (χ1n) is 6.91. The zero-order valence-corrected chi connectivity index (χ0v) is 14.9. The van der Waals surface area contributed by atoms with Gasteiger partial charge in [0.05, 0.1) is 0 Å². The Labute approximate surface area is 134 Å². The van der Waals surface area contributed by atoms with Gasteiger partial charge in [0.15, 0.2) is 0 Å². The largest absolute Gasteiger partial charge is 0.313 e. The number of rotatable bonds is 4. The second kappa shape index (κ2) is 6.42. The van der Waals surface area contributed by atoms with E-state index < -0.39 is 0 Å². The number of nitrogens with one attached hydrogen (secondary N) is 1. The minimum absolute atomic E-state index is 0.215. The molecule has 0 radical (unpaired) electrons. The van der Waals surface area contributed by atoms with Gasteiger partial charge in [-0.2, -0.15) is 0 Å². The minimum Gasteiger partial charge on any atom is -0.313 e. The Hall–Kier alpha value is -0.640. The molecule has 1 heterocycles. The molecular weight excluding hydrogens is 330 g/mol. The third-order valence-corrected chi connectivity index (χ3v) is 5.27. The van der Waals surface area contributed by atoms with Crippen LogP contribution in [-0.2, 0) is 11.8 Å². The van der Waals surface area contributed by atoms with Crippen LogP contribution < -0.4 is 5.32 Å². The Morgan fingerprint density at radius 3 is 2.30 bits per heavy atom. The quantitative estimate of drug-likeness (QED) is 0.786. The highest BCUT2D eigenvalue weighted by Gasteiger charge is 2.15. The van der Waals surface area contributed by atoms with Gasteiger partial charge in [-0.05, 0) is 45.6 Å². The monoisotopic (exact) mass is 351 g/mol. The van der Waals surface area contributed by atoms with Crippen molar-refractivity contribution in [3.8, 4) is 0 Å². The topological polar surface area (TPSA) is 12.0 Å². The van der Waals surface area contributed by atoms with E-state index in [1.54, 1.807) is 0 Å². The van der Waals surface area contributed by atoms with Crippen LogP contribution in [0.4, 0.5) is 0 Å². The third-order valence-electron chi connectivity index (χ3n) is 3.55. The highest BCUT2D eigenvalue weighted by molar-refractivity contribution is 9.10. The number of thiophene rings is 1. The van der Waals surface area contributed by atoms with Crippen LogP contribution in [-0.4, -0.2) is 7.05 Å². The summed E-state index contributed by atoms with van der Waals surface area (Å²) < 4.78 is 1.18. The molecule has 2 aromatic rings. The van der Waals surface area contributed by atoms with Gasteiger partial charge in [0, 0.05) is 27.2 Å². The maximum Gasteiger partial charge on any atom is 0.0366 e. The van der Waals surface area contributed by atoms with E-state index in [4.69, 9.17) is 0 Å². The second-order valence-corrected chi connectivity index (χ2v) is 8.06. The van der Waals surface area contributed by atoms with Gasteiger partial charge in [0.1, 0.15) is 0 Å². The highest BCUT2D eigenvalue weighted by atomic mass is 79.9. The molecule has 0 fully saturated rings. The summed E-state index contributed by atoms with van der Waals surface area (Å²) in [6.45, 7) is 6.75. The summed E-state index contributed by atoms with van der Waals surface area (Å²) in [5, 5.41) is 5.57. The van der Waals surface area contributed by atoms with Crippen LogP contribution >= 0.6 is 27.3 Å². The molecule has 1 N–H and O–H groups in total. The lowest BCUT2D eigenvalue weighted by Gasteiger charge is -2.21. The van der Waals surface area contributed by atoms with Crippen molar-refractivity contribution in [1.29, 1.82) is 0 Å². The van der Waals surface area contributed by atoms with Crippen molar-refractivity contribution >= 4 is 27.3 Å². The molecule has 3 heteroatoms. The molecule has 1 atom stereocenters. The van der Waals surface area contributed by atoms with E-state index >= 15 is 0 Å². The van der Waals surface area contributed by atoms with Crippen LogP contribution in [0.5, 0.6) is 0 Å². The van der Waals surface area contributed by atoms with Crippen molar-refractivity contribution in [1.82, 2.24) is 5.32 Å². The molecule has 0 saturated carbocycles. The summed E-state index contributed by atoms with van der Waals surface area (Å²) in [5.41, 5.74) is 2.95. The van der Waals surface area contributed by atoms with Crippen molar-refractivity contribution in [2.75, 3.05) is 7.05 Å². The molecule has 1 aromatic heterocycles. The Bertz CT molecular complexity index is 551. The lowest BCUT2D eigenvalue weighted by molar-refractivity contribution is 0.581. The molecule has 1 unspecified atom stereocenters. The molecule has 0 saturated heterocycles. The highest BCUT2D eigenvalue weighted by Crippen LogP contribution is 2.27. The first kappa shape index (κ1) is 15.7. The number of hydrogen-bond acceptors (Lipinski definition) is 2. The molecule has 1 nitrogen and oxygen atoms in total. The van der Waals surface area contributed by atoms with Crippen molar-refractivity contribution in [2.24, 2.45) is 0 Å². The lowest BCUT2D eigenvalue weighted by Crippen LogP contribution is -2.19. The smallest absolute Gasteiger partial charge is 0.0366 e. The molecule has 0 amide bonds. The van der Waals surface area contributed by atoms with Crippen LogP contribution in [0.1, 0.15) is 42.8 Å². The Morgan fingerprint density at radius 2 is 1.85 bits per heavy atom. The fourth-order valence-electron chi connectivity index (χ4n) is 2.26. The van der Waals surface area contributed by atoms with Gasteiger partial charge in [-0.1, -0.05) is 45.0 Å². The zero-order chi connectivity index (χ0) is 14.8. The van der Waals surface area contributed by atoms with E-state index in [1.807, 2.05) is 18.4 Å². The first-order chi connectivity index (χ1) is 9.40. The normalized spacial score (nSPS) is 13.4. The molecule has 20 heavy (non-hydrogen) atoms. The number of likely N-dealkylation sites (N-methyl/N-ethyl adjacent to an activating group) is 1. The molecule has 2 rings (SSSR count). The molecule has 0 aliphatic heterocycles. The predicted octanol–water partition coefficient (Wildman–Crippen LogP) is 5.31. The molecule has 0 spiro atoms. The van der Waals surface area contributed by atoms with E-state index in [1.165, 1.54) is 20.5 Å². The minimum atomic E-state index is 0.215. The van der Waals surface area contributed by atoms with Crippen LogP contribution in [0.15, 0.2) is 40.2 Å². The number of halogens is 1. The molecule has 108 valence electrons. The fourth-order valence-corrected chi connectivity index (χ4v) is 3.76. The standard InChI is InChI=1S/C17H22BrNS/c1-17(2,3)13-7-5-12(6-8-13)16(19-4)10-15-9-14(18)11-20-15/h5-9,11,16,19H,10H2,1-4H3. The maximum atomic E-state index is 3.52. The van der Waals surface area contributed by atoms with Gasteiger partial charge >= 0.3 is 0 Å². The molecule has 0 aliphatic rings. The number of hydrogen-bond donors (Lipinski definition) is 1. The van der Waals surface area contributed by atoms with Crippen LogP contribution in [0.3, 0.4) is 0 Å². The molecule has 0 aliphatic carbocycles. The second-order valence-electron chi connectivity index (χ2n) is 6.15. The Balaban J connectivity index is 2.15. The van der Waals surface area contributed by atoms with Crippen LogP contribution in [0.2, 0.25) is 0 Å². The van der Waals surface area contributed by atoms with Gasteiger partial charge in [-0.25, -0.2) is 0 Å². The van der Waals surface area contributed by atoms with Crippen molar-refractivity contribution in [3.05, 3.63) is 56.2 Å². The van der Waals surface area contributed by atoms with Crippen molar-refractivity contribution < 1.29 is 0 Å². The number of benzene rings is 1. The average Bonchev–Trinajstić information content (AvgIpc) is 2.81. The Morgan fingerprint density at radius 1 is 1.20 bits per heavy atom. The van der Waals surface area contributed by atoms with Crippen LogP contribution in [0, 0.1) is 0 Å². The van der Waals surface area contributed by atoms with Crippen LogP contribution in [0.25, 0.3) is 0 Å². The SMILES string of the molecule is CNC(Cc1cc(Br)cs1)c1ccc(C(C)(C)C)cc1. The van der Waals surface area contributed by atoms with Gasteiger partial charge in [-0.3, -0.25) is 0 Å². The predicted molar refractivity (Wildman–Crippen MR) is 92.7 cm³/mol. The Kier molecular flexibility index (Phi) is 5.05. The van der Waals surface area contributed by atoms with E-state index in [0.717, 1.165) is 6.42 Å². The van der Waals surface area contributed by atoms with Gasteiger partial charge in [0.2, 0.25) is 0 Å². The summed E-state index contributed by atoms with van der Waals surface area (Å²) in [5.74, 6) is 0. The van der Waals surface area contributed by atoms with Gasteiger partial charge in [0.25, 0.3) is 0 Å². The first-order valence-corrected chi connectivity index (χ1v) is 8.58. The van der Waals surface area contributed by atoms with Crippen molar-refractivity contribution in [2.45, 2.75) is 38.6 Å².